The zero-order valence-electron chi connectivity index (χ0n) is 10.4. The first-order valence-electron chi connectivity index (χ1n) is 6.20. The zero-order valence-corrected chi connectivity index (χ0v) is 10.4. The van der Waals surface area contributed by atoms with Crippen LogP contribution >= 0.6 is 0 Å². The number of carboxylic acids is 1. The molecule has 3 heteroatoms. The van der Waals surface area contributed by atoms with E-state index in [9.17, 15) is 9.59 Å². The lowest BCUT2D eigenvalue weighted by Gasteiger charge is -2.28. The topological polar surface area (TPSA) is 54.4 Å². The van der Waals surface area contributed by atoms with Crippen molar-refractivity contribution in [1.29, 1.82) is 0 Å². The lowest BCUT2D eigenvalue weighted by atomic mass is 9.76. The molecule has 0 aromatic rings. The molecule has 3 nitrogen and oxygen atoms in total. The van der Waals surface area contributed by atoms with Crippen molar-refractivity contribution >= 4 is 11.8 Å². The van der Waals surface area contributed by atoms with Gasteiger partial charge in [0, 0.05) is 11.8 Å². The second-order valence-corrected chi connectivity index (χ2v) is 5.27. The highest BCUT2D eigenvalue weighted by Crippen LogP contribution is 2.31. The van der Waals surface area contributed by atoms with E-state index < -0.39 is 11.9 Å². The number of carbonyl (C=O) groups excluding carboxylic acids is 1. The number of carboxylic acid groups (broad SMARTS) is 1. The van der Waals surface area contributed by atoms with Crippen molar-refractivity contribution < 1.29 is 14.7 Å². The molecule has 2 unspecified atom stereocenters. The number of aliphatic carboxylic acids is 1. The quantitative estimate of drug-likeness (QED) is 0.802. The highest BCUT2D eigenvalue weighted by atomic mass is 16.4. The van der Waals surface area contributed by atoms with E-state index in [1.165, 1.54) is 0 Å². The van der Waals surface area contributed by atoms with Crippen LogP contribution in [-0.2, 0) is 9.59 Å². The molecule has 0 aromatic heterocycles. The molecule has 0 bridgehead atoms. The predicted octanol–water partition coefficient (Wildman–Crippen LogP) is 2.74. The molecule has 0 saturated heterocycles. The fraction of sp³-hybridized carbons (Fsp3) is 0.846. The Hall–Kier alpha value is -0.860. The lowest BCUT2D eigenvalue weighted by molar-refractivity contribution is -0.146. The van der Waals surface area contributed by atoms with Gasteiger partial charge in [-0.05, 0) is 18.8 Å². The standard InChI is InChI=1S/C13H22O3/c1-8-4-6-11(7-5-8)12(14)9(2)10(3)13(15)16/h8-11H,4-7H2,1-3H3,(H,15,16). The van der Waals surface area contributed by atoms with Gasteiger partial charge in [0.1, 0.15) is 5.78 Å². The van der Waals surface area contributed by atoms with Crippen LogP contribution in [0.25, 0.3) is 0 Å². The number of Topliss-reactive ketones (excluding diaryl/α,β-unsaturated/α-hetero) is 1. The van der Waals surface area contributed by atoms with E-state index in [0.29, 0.717) is 0 Å². The molecule has 0 spiro atoms. The van der Waals surface area contributed by atoms with Crippen molar-refractivity contribution in [2.45, 2.75) is 46.5 Å². The van der Waals surface area contributed by atoms with Crippen molar-refractivity contribution in [2.24, 2.45) is 23.7 Å². The molecule has 1 fully saturated rings. The summed E-state index contributed by atoms with van der Waals surface area (Å²) < 4.78 is 0. The predicted molar refractivity (Wildman–Crippen MR) is 62.1 cm³/mol. The van der Waals surface area contributed by atoms with Crippen LogP contribution < -0.4 is 0 Å². The van der Waals surface area contributed by atoms with Crippen LogP contribution in [-0.4, -0.2) is 16.9 Å². The molecule has 0 radical (unpaired) electrons. The molecular formula is C13H22O3. The van der Waals surface area contributed by atoms with E-state index >= 15 is 0 Å². The van der Waals surface area contributed by atoms with Crippen LogP contribution in [0.15, 0.2) is 0 Å². The van der Waals surface area contributed by atoms with Gasteiger partial charge >= 0.3 is 5.97 Å². The Kier molecular flexibility index (Phi) is 4.51. The SMILES string of the molecule is CC1CCC(C(=O)C(C)C(C)C(=O)O)CC1. The first kappa shape index (κ1) is 13.2. The summed E-state index contributed by atoms with van der Waals surface area (Å²) in [6.45, 7) is 5.58. The minimum absolute atomic E-state index is 0.105. The number of rotatable bonds is 4. The Morgan fingerprint density at radius 1 is 1.06 bits per heavy atom. The average molecular weight is 226 g/mol. The van der Waals surface area contributed by atoms with Crippen LogP contribution in [0, 0.1) is 23.7 Å². The van der Waals surface area contributed by atoms with E-state index in [-0.39, 0.29) is 17.6 Å². The zero-order chi connectivity index (χ0) is 12.3. The normalized spacial score (nSPS) is 29.4. The first-order valence-corrected chi connectivity index (χ1v) is 6.20. The van der Waals surface area contributed by atoms with E-state index in [2.05, 4.69) is 6.92 Å². The second-order valence-electron chi connectivity index (χ2n) is 5.27. The van der Waals surface area contributed by atoms with Gasteiger partial charge in [-0.25, -0.2) is 0 Å². The molecular weight excluding hydrogens is 204 g/mol. The van der Waals surface area contributed by atoms with Gasteiger partial charge in [-0.2, -0.15) is 0 Å². The van der Waals surface area contributed by atoms with Crippen LogP contribution in [0.5, 0.6) is 0 Å². The third-order valence-electron chi connectivity index (χ3n) is 4.01. The number of hydrogen-bond donors (Lipinski definition) is 1. The van der Waals surface area contributed by atoms with Crippen LogP contribution in [0.3, 0.4) is 0 Å². The molecule has 1 aliphatic carbocycles. The number of ketones is 1. The maximum absolute atomic E-state index is 12.1. The highest BCUT2D eigenvalue weighted by Gasteiger charge is 2.32. The molecule has 0 aliphatic heterocycles. The smallest absolute Gasteiger partial charge is 0.306 e. The van der Waals surface area contributed by atoms with Crippen LogP contribution in [0.4, 0.5) is 0 Å². The first-order chi connectivity index (χ1) is 7.43. The molecule has 1 aliphatic rings. The molecule has 0 aromatic carbocycles. The summed E-state index contributed by atoms with van der Waals surface area (Å²) in [6.07, 6.45) is 4.09. The van der Waals surface area contributed by atoms with E-state index in [1.54, 1.807) is 13.8 Å². The van der Waals surface area contributed by atoms with Crippen molar-refractivity contribution in [3.8, 4) is 0 Å². The maximum atomic E-state index is 12.1. The van der Waals surface area contributed by atoms with Crippen molar-refractivity contribution in [3.05, 3.63) is 0 Å². The van der Waals surface area contributed by atoms with Gasteiger partial charge in [0.25, 0.3) is 0 Å². The average Bonchev–Trinajstić information content (AvgIpc) is 2.27. The molecule has 2 atom stereocenters. The van der Waals surface area contributed by atoms with Gasteiger partial charge in [-0.3, -0.25) is 9.59 Å². The molecule has 92 valence electrons. The minimum Gasteiger partial charge on any atom is -0.481 e. The van der Waals surface area contributed by atoms with Crippen LogP contribution in [0.1, 0.15) is 46.5 Å². The van der Waals surface area contributed by atoms with Gasteiger partial charge < -0.3 is 5.11 Å². The summed E-state index contributed by atoms with van der Waals surface area (Å²) in [6, 6.07) is 0. The van der Waals surface area contributed by atoms with E-state index in [1.807, 2.05) is 0 Å². The third-order valence-corrected chi connectivity index (χ3v) is 4.01. The molecule has 1 saturated carbocycles. The largest absolute Gasteiger partial charge is 0.481 e. The fourth-order valence-electron chi connectivity index (χ4n) is 2.38. The fourth-order valence-corrected chi connectivity index (χ4v) is 2.38. The molecule has 1 N–H and O–H groups in total. The summed E-state index contributed by atoms with van der Waals surface area (Å²) in [5.41, 5.74) is 0. The molecule has 16 heavy (non-hydrogen) atoms. The summed E-state index contributed by atoms with van der Waals surface area (Å²) in [5, 5.41) is 8.89. The minimum atomic E-state index is -0.870. The monoisotopic (exact) mass is 226 g/mol. The Morgan fingerprint density at radius 3 is 2.00 bits per heavy atom. The highest BCUT2D eigenvalue weighted by molar-refractivity contribution is 5.87. The van der Waals surface area contributed by atoms with Crippen molar-refractivity contribution in [2.75, 3.05) is 0 Å². The summed E-state index contributed by atoms with van der Waals surface area (Å²) >= 11 is 0. The number of carbonyl (C=O) groups is 2. The Balaban J connectivity index is 2.54. The van der Waals surface area contributed by atoms with Crippen molar-refractivity contribution in [3.63, 3.8) is 0 Å². The molecule has 0 heterocycles. The van der Waals surface area contributed by atoms with Gasteiger partial charge in [0.15, 0.2) is 0 Å². The summed E-state index contributed by atoms with van der Waals surface area (Å²) in [4.78, 5) is 22.9. The molecule has 0 amide bonds. The molecule has 1 rings (SSSR count). The Bertz CT molecular complexity index is 264. The van der Waals surface area contributed by atoms with Gasteiger partial charge in [0.2, 0.25) is 0 Å². The summed E-state index contributed by atoms with van der Waals surface area (Å²) in [5.74, 6) is -0.807. The Morgan fingerprint density at radius 2 is 1.56 bits per heavy atom. The van der Waals surface area contributed by atoms with Gasteiger partial charge in [-0.15, -0.1) is 0 Å². The second kappa shape index (κ2) is 5.46. The van der Waals surface area contributed by atoms with Gasteiger partial charge in [0.05, 0.1) is 5.92 Å². The summed E-state index contributed by atoms with van der Waals surface area (Å²) in [7, 11) is 0. The lowest BCUT2D eigenvalue weighted by Crippen LogP contribution is -2.32. The maximum Gasteiger partial charge on any atom is 0.306 e. The van der Waals surface area contributed by atoms with Gasteiger partial charge in [-0.1, -0.05) is 33.6 Å². The number of hydrogen-bond acceptors (Lipinski definition) is 2. The van der Waals surface area contributed by atoms with E-state index in [0.717, 1.165) is 31.6 Å². The van der Waals surface area contributed by atoms with E-state index in [4.69, 9.17) is 5.11 Å². The van der Waals surface area contributed by atoms with Crippen molar-refractivity contribution in [1.82, 2.24) is 0 Å². The third kappa shape index (κ3) is 3.06. The Labute approximate surface area is 97.2 Å². The van der Waals surface area contributed by atoms with Crippen LogP contribution in [0.2, 0.25) is 0 Å².